The van der Waals surface area contributed by atoms with Crippen LogP contribution in [0.25, 0.3) is 0 Å². The molecule has 1 fully saturated rings. The fourth-order valence-corrected chi connectivity index (χ4v) is 3.00. The summed E-state index contributed by atoms with van der Waals surface area (Å²) in [7, 11) is 0. The lowest BCUT2D eigenvalue weighted by Crippen LogP contribution is -2.33. The third-order valence-electron chi connectivity index (χ3n) is 3.12. The summed E-state index contributed by atoms with van der Waals surface area (Å²) in [5, 5.41) is 8.77. The first-order chi connectivity index (χ1) is 9.67. The lowest BCUT2D eigenvalue weighted by molar-refractivity contribution is -0.140. The number of imide groups is 1. The minimum Gasteiger partial charge on any atom is -0.324 e. The number of nitrogens with zero attached hydrogens (tertiary/aromatic N) is 4. The first kappa shape index (κ1) is 15.0. The zero-order valence-electron chi connectivity index (χ0n) is 11.5. The third kappa shape index (κ3) is 3.18. The van der Waals surface area contributed by atoms with E-state index in [1.54, 1.807) is 0 Å². The molecule has 1 aliphatic rings. The van der Waals surface area contributed by atoms with Crippen LogP contribution in [0.1, 0.15) is 32.0 Å². The van der Waals surface area contributed by atoms with Gasteiger partial charge in [0.1, 0.15) is 5.82 Å². The number of amides is 2. The van der Waals surface area contributed by atoms with Crippen LogP contribution in [-0.4, -0.2) is 43.8 Å². The van der Waals surface area contributed by atoms with Gasteiger partial charge in [-0.25, -0.2) is 0 Å². The zero-order chi connectivity index (χ0) is 14.5. The van der Waals surface area contributed by atoms with Gasteiger partial charge in [0.15, 0.2) is 5.16 Å². The van der Waals surface area contributed by atoms with E-state index in [9.17, 15) is 9.59 Å². The number of hydrogen-bond donors (Lipinski definition) is 1. The van der Waals surface area contributed by atoms with Crippen LogP contribution in [0, 0.1) is 0 Å². The molecule has 0 unspecified atom stereocenters. The molecular weight excluding hydrogens is 278 g/mol. The number of aromatic nitrogens is 3. The number of hydrogen-bond acceptors (Lipinski definition) is 6. The second-order valence-electron chi connectivity index (χ2n) is 4.59. The summed E-state index contributed by atoms with van der Waals surface area (Å²) in [5.74, 6) is 0.697. The Morgan fingerprint density at radius 2 is 2.25 bits per heavy atom. The maximum atomic E-state index is 12.0. The van der Waals surface area contributed by atoms with Gasteiger partial charge in [-0.3, -0.25) is 14.5 Å². The molecule has 0 spiro atoms. The van der Waals surface area contributed by atoms with Crippen LogP contribution in [0.3, 0.4) is 0 Å². The quantitative estimate of drug-likeness (QED) is 0.763. The monoisotopic (exact) mass is 297 g/mol. The van der Waals surface area contributed by atoms with Crippen molar-refractivity contribution in [3.8, 4) is 0 Å². The van der Waals surface area contributed by atoms with Crippen molar-refractivity contribution in [3.05, 3.63) is 5.82 Å². The molecule has 2 rings (SSSR count). The highest BCUT2D eigenvalue weighted by Gasteiger charge is 2.26. The molecule has 1 aromatic heterocycles. The van der Waals surface area contributed by atoms with Gasteiger partial charge in [-0.1, -0.05) is 18.7 Å². The first-order valence-corrected chi connectivity index (χ1v) is 7.74. The van der Waals surface area contributed by atoms with Crippen molar-refractivity contribution >= 4 is 23.6 Å². The smallest absolute Gasteiger partial charge is 0.239 e. The van der Waals surface area contributed by atoms with Crippen LogP contribution in [-0.2, 0) is 22.7 Å². The Morgan fingerprint density at radius 3 is 2.85 bits per heavy atom. The Labute approximate surface area is 121 Å². The van der Waals surface area contributed by atoms with Gasteiger partial charge >= 0.3 is 0 Å². The summed E-state index contributed by atoms with van der Waals surface area (Å²) in [4.78, 5) is 24.8. The van der Waals surface area contributed by atoms with E-state index in [0.717, 1.165) is 25.2 Å². The Bertz CT molecular complexity index is 502. The van der Waals surface area contributed by atoms with Crippen molar-refractivity contribution < 1.29 is 9.59 Å². The summed E-state index contributed by atoms with van der Waals surface area (Å²) < 4.78 is 1.93. The van der Waals surface area contributed by atoms with E-state index in [-0.39, 0.29) is 17.6 Å². The number of likely N-dealkylation sites (tertiary alicyclic amines) is 1. The zero-order valence-corrected chi connectivity index (χ0v) is 12.4. The SMILES string of the molecule is CCCn1c(CN)nnc1SCC(=O)N1CCCC1=O. The van der Waals surface area contributed by atoms with Crippen molar-refractivity contribution in [1.29, 1.82) is 0 Å². The number of carbonyl (C=O) groups excluding carboxylic acids is 2. The Balaban J connectivity index is 1.98. The number of rotatable bonds is 6. The number of carbonyl (C=O) groups is 2. The Morgan fingerprint density at radius 1 is 1.45 bits per heavy atom. The predicted octanol–water partition coefficient (Wildman–Crippen LogP) is 0.388. The molecule has 2 N–H and O–H groups in total. The van der Waals surface area contributed by atoms with Crippen LogP contribution in [0.4, 0.5) is 0 Å². The molecule has 0 atom stereocenters. The molecule has 2 amide bonds. The summed E-state index contributed by atoms with van der Waals surface area (Å²) in [6, 6.07) is 0. The van der Waals surface area contributed by atoms with Crippen molar-refractivity contribution in [1.82, 2.24) is 19.7 Å². The molecule has 8 heteroatoms. The van der Waals surface area contributed by atoms with Crippen LogP contribution >= 0.6 is 11.8 Å². The number of nitrogens with two attached hydrogens (primary N) is 1. The fraction of sp³-hybridized carbons (Fsp3) is 0.667. The van der Waals surface area contributed by atoms with Crippen LogP contribution < -0.4 is 5.73 Å². The molecular formula is C12H19N5O2S. The predicted molar refractivity (Wildman–Crippen MR) is 74.9 cm³/mol. The minimum absolute atomic E-state index is 0.0757. The summed E-state index contributed by atoms with van der Waals surface area (Å²) >= 11 is 1.31. The van der Waals surface area contributed by atoms with E-state index in [2.05, 4.69) is 17.1 Å². The highest BCUT2D eigenvalue weighted by molar-refractivity contribution is 7.99. The van der Waals surface area contributed by atoms with Crippen molar-refractivity contribution in [2.24, 2.45) is 5.73 Å². The second kappa shape index (κ2) is 6.85. The molecule has 0 aliphatic carbocycles. The molecule has 0 saturated carbocycles. The molecule has 1 saturated heterocycles. The highest BCUT2D eigenvalue weighted by atomic mass is 32.2. The number of thioether (sulfide) groups is 1. The molecule has 0 radical (unpaired) electrons. The summed E-state index contributed by atoms with van der Waals surface area (Å²) in [6.45, 7) is 3.70. The average Bonchev–Trinajstić information content (AvgIpc) is 3.03. The minimum atomic E-state index is -0.155. The van der Waals surface area contributed by atoms with Gasteiger partial charge in [-0.2, -0.15) is 0 Å². The van der Waals surface area contributed by atoms with Gasteiger partial charge in [0.25, 0.3) is 0 Å². The van der Waals surface area contributed by atoms with Crippen molar-refractivity contribution in [2.75, 3.05) is 12.3 Å². The largest absolute Gasteiger partial charge is 0.324 e. The van der Waals surface area contributed by atoms with E-state index >= 15 is 0 Å². The Hall–Kier alpha value is -1.41. The standard InChI is InChI=1S/C12H19N5O2S/c1-2-5-16-9(7-13)14-15-12(16)20-8-11(19)17-6-3-4-10(17)18/h2-8,13H2,1H3. The molecule has 0 bridgehead atoms. The summed E-state index contributed by atoms with van der Waals surface area (Å²) in [6.07, 6.45) is 2.18. The van der Waals surface area contributed by atoms with E-state index in [1.165, 1.54) is 16.7 Å². The maximum Gasteiger partial charge on any atom is 0.239 e. The molecule has 2 heterocycles. The molecule has 1 aromatic rings. The van der Waals surface area contributed by atoms with Gasteiger partial charge in [0.2, 0.25) is 11.8 Å². The van der Waals surface area contributed by atoms with Gasteiger partial charge in [-0.15, -0.1) is 10.2 Å². The Kier molecular flexibility index (Phi) is 5.13. The van der Waals surface area contributed by atoms with Crippen molar-refractivity contribution in [2.45, 2.75) is 44.4 Å². The lowest BCUT2D eigenvalue weighted by atomic mass is 10.4. The topological polar surface area (TPSA) is 94.1 Å². The molecule has 1 aliphatic heterocycles. The van der Waals surface area contributed by atoms with Crippen LogP contribution in [0.2, 0.25) is 0 Å². The highest BCUT2D eigenvalue weighted by Crippen LogP contribution is 2.19. The van der Waals surface area contributed by atoms with Gasteiger partial charge in [0, 0.05) is 19.5 Å². The van der Waals surface area contributed by atoms with Gasteiger partial charge < -0.3 is 10.3 Å². The van der Waals surface area contributed by atoms with E-state index in [4.69, 9.17) is 5.73 Å². The summed E-state index contributed by atoms with van der Waals surface area (Å²) in [5.41, 5.74) is 5.62. The van der Waals surface area contributed by atoms with Crippen LogP contribution in [0.15, 0.2) is 5.16 Å². The van der Waals surface area contributed by atoms with E-state index < -0.39 is 0 Å². The third-order valence-corrected chi connectivity index (χ3v) is 4.07. The average molecular weight is 297 g/mol. The molecule has 20 heavy (non-hydrogen) atoms. The fourth-order valence-electron chi connectivity index (χ4n) is 2.14. The van der Waals surface area contributed by atoms with Gasteiger partial charge in [-0.05, 0) is 12.8 Å². The second-order valence-corrected chi connectivity index (χ2v) is 5.53. The molecule has 7 nitrogen and oxygen atoms in total. The lowest BCUT2D eigenvalue weighted by Gasteiger charge is -2.13. The molecule has 0 aromatic carbocycles. The van der Waals surface area contributed by atoms with E-state index in [0.29, 0.717) is 24.7 Å². The van der Waals surface area contributed by atoms with Gasteiger partial charge in [0.05, 0.1) is 12.3 Å². The van der Waals surface area contributed by atoms with Crippen molar-refractivity contribution in [3.63, 3.8) is 0 Å². The normalized spacial score (nSPS) is 15.1. The first-order valence-electron chi connectivity index (χ1n) is 6.75. The maximum absolute atomic E-state index is 12.0. The van der Waals surface area contributed by atoms with Crippen LogP contribution in [0.5, 0.6) is 0 Å². The molecule has 110 valence electrons. The van der Waals surface area contributed by atoms with E-state index in [1.807, 2.05) is 4.57 Å².